The van der Waals surface area contributed by atoms with Crippen molar-refractivity contribution in [2.45, 2.75) is 6.04 Å². The molecule has 3 aromatic rings. The number of nitrogens with one attached hydrogen (secondary N) is 1. The van der Waals surface area contributed by atoms with E-state index in [0.29, 0.717) is 5.57 Å². The molecule has 1 amide bonds. The van der Waals surface area contributed by atoms with Crippen molar-refractivity contribution >= 4 is 17.6 Å². The lowest BCUT2D eigenvalue weighted by Crippen LogP contribution is -2.35. The van der Waals surface area contributed by atoms with Crippen LogP contribution in [0.3, 0.4) is 0 Å². The first kappa shape index (κ1) is 14.3. The Bertz CT molecular complexity index is 904. The van der Waals surface area contributed by atoms with Crippen LogP contribution in [0.25, 0.3) is 11.6 Å². The minimum atomic E-state index is -0.187. The van der Waals surface area contributed by atoms with Gasteiger partial charge in [0, 0.05) is 30.4 Å². The first-order valence-corrected chi connectivity index (χ1v) is 7.75. The molecule has 0 radical (unpaired) electrons. The zero-order valence-electron chi connectivity index (χ0n) is 12.9. The molecule has 1 N–H and O–H groups in total. The molecule has 116 valence electrons. The Labute approximate surface area is 139 Å². The van der Waals surface area contributed by atoms with Crippen molar-refractivity contribution in [3.63, 3.8) is 0 Å². The van der Waals surface area contributed by atoms with Crippen LogP contribution in [-0.2, 0) is 4.79 Å². The zero-order valence-corrected chi connectivity index (χ0v) is 12.9. The summed E-state index contributed by atoms with van der Waals surface area (Å²) in [5, 5.41) is 3.09. The van der Waals surface area contributed by atoms with Gasteiger partial charge >= 0.3 is 0 Å². The summed E-state index contributed by atoms with van der Waals surface area (Å²) in [4.78, 5) is 21.0. The highest BCUT2D eigenvalue weighted by Crippen LogP contribution is 2.34. The lowest BCUT2D eigenvalue weighted by molar-refractivity contribution is -0.116. The second-order valence-corrected chi connectivity index (χ2v) is 5.62. The zero-order chi connectivity index (χ0) is 16.4. The van der Waals surface area contributed by atoms with E-state index in [1.807, 2.05) is 54.6 Å². The number of benzene rings is 1. The molecule has 24 heavy (non-hydrogen) atoms. The van der Waals surface area contributed by atoms with Crippen molar-refractivity contribution in [2.75, 3.05) is 0 Å². The third kappa shape index (κ3) is 2.58. The molecule has 0 aliphatic carbocycles. The van der Waals surface area contributed by atoms with E-state index in [9.17, 15) is 4.79 Å². The van der Waals surface area contributed by atoms with Crippen LogP contribution in [0, 0.1) is 0 Å². The summed E-state index contributed by atoms with van der Waals surface area (Å²) in [7, 11) is 0. The predicted octanol–water partition coefficient (Wildman–Crippen LogP) is 3.24. The van der Waals surface area contributed by atoms with E-state index in [1.54, 1.807) is 24.8 Å². The van der Waals surface area contributed by atoms with Crippen LogP contribution < -0.4 is 5.32 Å². The monoisotopic (exact) mass is 313 g/mol. The van der Waals surface area contributed by atoms with Crippen LogP contribution in [-0.4, -0.2) is 15.9 Å². The molecule has 0 fully saturated rings. The highest BCUT2D eigenvalue weighted by Gasteiger charge is 2.29. The summed E-state index contributed by atoms with van der Waals surface area (Å²) in [5.41, 5.74) is 4.54. The Morgan fingerprint density at radius 1 is 0.917 bits per heavy atom. The quantitative estimate of drug-likeness (QED) is 0.739. The summed E-state index contributed by atoms with van der Waals surface area (Å²) in [6.07, 6.45) is 8.86. The maximum Gasteiger partial charge on any atom is 0.252 e. The number of carbonyl (C=O) groups excluding carboxylic acids is 1. The topological polar surface area (TPSA) is 54.9 Å². The average Bonchev–Trinajstić information content (AvgIpc) is 2.65. The molecule has 1 aliphatic heterocycles. The normalized spacial score (nSPS) is 18.1. The predicted molar refractivity (Wildman–Crippen MR) is 92.8 cm³/mol. The molecule has 4 nitrogen and oxygen atoms in total. The number of amides is 1. The van der Waals surface area contributed by atoms with Crippen LogP contribution >= 0.6 is 0 Å². The maximum atomic E-state index is 12.7. The fraction of sp³-hybridized carbons (Fsp3) is 0.0500. The van der Waals surface area contributed by atoms with Crippen molar-refractivity contribution in [3.05, 3.63) is 95.6 Å². The lowest BCUT2D eigenvalue weighted by atomic mass is 9.86. The van der Waals surface area contributed by atoms with Gasteiger partial charge in [-0.15, -0.1) is 0 Å². The van der Waals surface area contributed by atoms with E-state index < -0.39 is 0 Å². The van der Waals surface area contributed by atoms with E-state index in [0.717, 1.165) is 22.3 Å². The molecule has 2 aromatic heterocycles. The SMILES string of the molecule is O=C1NC(c2cccnc2)c2ccccc2/C1=C\c1cccnc1. The highest BCUT2D eigenvalue weighted by atomic mass is 16.1. The number of carbonyl (C=O) groups is 1. The van der Waals surface area contributed by atoms with Crippen molar-refractivity contribution in [1.29, 1.82) is 0 Å². The summed E-state index contributed by atoms with van der Waals surface area (Å²) < 4.78 is 0. The van der Waals surface area contributed by atoms with Crippen LogP contribution in [0.15, 0.2) is 73.3 Å². The van der Waals surface area contributed by atoms with Crippen LogP contribution in [0.1, 0.15) is 28.3 Å². The minimum Gasteiger partial charge on any atom is -0.341 e. The third-order valence-electron chi connectivity index (χ3n) is 4.10. The molecule has 0 saturated carbocycles. The summed E-state index contributed by atoms with van der Waals surface area (Å²) in [6.45, 7) is 0. The van der Waals surface area contributed by atoms with Crippen molar-refractivity contribution < 1.29 is 4.79 Å². The van der Waals surface area contributed by atoms with Gasteiger partial charge in [0.05, 0.1) is 6.04 Å². The lowest BCUT2D eigenvalue weighted by Gasteiger charge is -2.28. The van der Waals surface area contributed by atoms with Gasteiger partial charge < -0.3 is 5.32 Å². The fourth-order valence-electron chi connectivity index (χ4n) is 2.98. The number of hydrogen-bond donors (Lipinski definition) is 1. The molecule has 0 spiro atoms. The largest absolute Gasteiger partial charge is 0.341 e. The first-order valence-electron chi connectivity index (χ1n) is 7.75. The second-order valence-electron chi connectivity index (χ2n) is 5.62. The van der Waals surface area contributed by atoms with Gasteiger partial charge in [-0.25, -0.2) is 0 Å². The number of aromatic nitrogens is 2. The van der Waals surface area contributed by atoms with E-state index >= 15 is 0 Å². The van der Waals surface area contributed by atoms with Gasteiger partial charge in [0.2, 0.25) is 0 Å². The Morgan fingerprint density at radius 3 is 2.46 bits per heavy atom. The first-order chi connectivity index (χ1) is 11.8. The molecule has 4 rings (SSSR count). The highest BCUT2D eigenvalue weighted by molar-refractivity contribution is 6.25. The van der Waals surface area contributed by atoms with Crippen LogP contribution in [0.4, 0.5) is 0 Å². The number of rotatable bonds is 2. The average molecular weight is 313 g/mol. The fourth-order valence-corrected chi connectivity index (χ4v) is 2.98. The van der Waals surface area contributed by atoms with Gasteiger partial charge in [-0.3, -0.25) is 14.8 Å². The molecular formula is C20H15N3O. The second kappa shape index (κ2) is 6.08. The van der Waals surface area contributed by atoms with Gasteiger partial charge in [-0.1, -0.05) is 36.4 Å². The van der Waals surface area contributed by atoms with E-state index in [-0.39, 0.29) is 11.9 Å². The number of pyridine rings is 2. The molecule has 0 bridgehead atoms. The van der Waals surface area contributed by atoms with Gasteiger partial charge in [0.25, 0.3) is 5.91 Å². The molecule has 1 unspecified atom stereocenters. The molecule has 1 atom stereocenters. The van der Waals surface area contributed by atoms with Crippen LogP contribution in [0.2, 0.25) is 0 Å². The van der Waals surface area contributed by atoms with Crippen molar-refractivity contribution in [2.24, 2.45) is 0 Å². The molecule has 1 aromatic carbocycles. The molecule has 0 saturated heterocycles. The van der Waals surface area contributed by atoms with Crippen molar-refractivity contribution in [1.82, 2.24) is 15.3 Å². The van der Waals surface area contributed by atoms with Crippen LogP contribution in [0.5, 0.6) is 0 Å². The molecular weight excluding hydrogens is 298 g/mol. The summed E-state index contributed by atoms with van der Waals surface area (Å²) in [6, 6.07) is 15.4. The van der Waals surface area contributed by atoms with Gasteiger partial charge in [0.15, 0.2) is 0 Å². The third-order valence-corrected chi connectivity index (χ3v) is 4.10. The van der Waals surface area contributed by atoms with Gasteiger partial charge in [0.1, 0.15) is 0 Å². The van der Waals surface area contributed by atoms with E-state index in [2.05, 4.69) is 15.3 Å². The van der Waals surface area contributed by atoms with Gasteiger partial charge in [-0.05, 0) is 40.5 Å². The minimum absolute atomic E-state index is 0.0913. The summed E-state index contributed by atoms with van der Waals surface area (Å²) in [5.74, 6) is -0.0913. The molecule has 3 heterocycles. The van der Waals surface area contributed by atoms with E-state index in [1.165, 1.54) is 0 Å². The Kier molecular flexibility index (Phi) is 3.63. The number of fused-ring (bicyclic) bond motifs is 1. The molecule has 1 aliphatic rings. The maximum absolute atomic E-state index is 12.7. The Morgan fingerprint density at radius 2 is 1.71 bits per heavy atom. The Hall–Kier alpha value is -3.27. The smallest absolute Gasteiger partial charge is 0.252 e. The Balaban J connectivity index is 1.84. The number of hydrogen-bond acceptors (Lipinski definition) is 3. The standard InChI is InChI=1S/C20H15N3O/c24-20-18(11-14-5-3-9-21-12-14)16-7-1-2-8-17(16)19(23-20)15-6-4-10-22-13-15/h1-13,19H,(H,23,24)/b18-11+. The van der Waals surface area contributed by atoms with E-state index in [4.69, 9.17) is 0 Å². The molecule has 4 heteroatoms. The van der Waals surface area contributed by atoms with Crippen molar-refractivity contribution in [3.8, 4) is 0 Å². The summed E-state index contributed by atoms with van der Waals surface area (Å²) >= 11 is 0. The number of nitrogens with zero attached hydrogens (tertiary/aromatic N) is 2. The van der Waals surface area contributed by atoms with Gasteiger partial charge in [-0.2, -0.15) is 0 Å².